The normalized spacial score (nSPS) is 13.3. The summed E-state index contributed by atoms with van der Waals surface area (Å²) in [7, 11) is -2.92. The molecule has 1 atom stereocenters. The van der Waals surface area contributed by atoms with Gasteiger partial charge in [-0.25, -0.2) is 8.42 Å². The third kappa shape index (κ3) is 5.94. The van der Waals surface area contributed by atoms with Crippen LogP contribution < -0.4 is 5.32 Å². The van der Waals surface area contributed by atoms with Crippen LogP contribution in [0.5, 0.6) is 0 Å². The Labute approximate surface area is 131 Å². The summed E-state index contributed by atoms with van der Waals surface area (Å²) in [4.78, 5) is 0. The van der Waals surface area contributed by atoms with E-state index >= 15 is 0 Å². The molecule has 0 fully saturated rings. The predicted molar refractivity (Wildman–Crippen MR) is 89.0 cm³/mol. The lowest BCUT2D eigenvalue weighted by molar-refractivity contribution is 0.562. The molecule has 0 aliphatic rings. The van der Waals surface area contributed by atoms with Crippen molar-refractivity contribution in [1.82, 2.24) is 5.32 Å². The van der Waals surface area contributed by atoms with Crippen molar-refractivity contribution in [2.45, 2.75) is 32.6 Å². The molecule has 0 spiro atoms. The summed E-state index contributed by atoms with van der Waals surface area (Å²) in [6.45, 7) is 5.66. The van der Waals surface area contributed by atoms with Gasteiger partial charge in [0.2, 0.25) is 0 Å². The van der Waals surface area contributed by atoms with Crippen LogP contribution in [0, 0.1) is 0 Å². The van der Waals surface area contributed by atoms with Crippen LogP contribution in [0.15, 0.2) is 28.7 Å². The minimum atomic E-state index is -2.92. The lowest BCUT2D eigenvalue weighted by Gasteiger charge is -2.19. The van der Waals surface area contributed by atoms with E-state index in [9.17, 15) is 8.42 Å². The molecule has 1 unspecified atom stereocenters. The number of rotatable bonds is 9. The van der Waals surface area contributed by atoms with E-state index in [2.05, 4.69) is 34.2 Å². The number of benzene rings is 1. The van der Waals surface area contributed by atoms with Gasteiger partial charge in [-0.3, -0.25) is 0 Å². The van der Waals surface area contributed by atoms with E-state index in [0.29, 0.717) is 12.8 Å². The largest absolute Gasteiger partial charge is 0.316 e. The first-order chi connectivity index (χ1) is 9.50. The van der Waals surface area contributed by atoms with Crippen molar-refractivity contribution in [3.63, 3.8) is 0 Å². The zero-order chi connectivity index (χ0) is 15.0. The van der Waals surface area contributed by atoms with E-state index in [1.807, 2.05) is 25.1 Å². The summed E-state index contributed by atoms with van der Waals surface area (Å²) in [5, 5.41) is 3.33. The molecule has 3 nitrogen and oxygen atoms in total. The highest BCUT2D eigenvalue weighted by Gasteiger charge is 2.18. The molecule has 1 aromatic carbocycles. The van der Waals surface area contributed by atoms with Crippen LogP contribution >= 0.6 is 15.9 Å². The fraction of sp³-hybridized carbons (Fsp3) is 0.600. The highest BCUT2D eigenvalue weighted by Crippen LogP contribution is 2.27. The van der Waals surface area contributed by atoms with E-state index in [1.165, 1.54) is 5.56 Å². The summed E-state index contributed by atoms with van der Waals surface area (Å²) in [6.07, 6.45) is 1.35. The zero-order valence-electron chi connectivity index (χ0n) is 12.2. The first kappa shape index (κ1) is 17.7. The van der Waals surface area contributed by atoms with E-state index < -0.39 is 9.84 Å². The van der Waals surface area contributed by atoms with Gasteiger partial charge in [0.1, 0.15) is 9.84 Å². The number of hydrogen-bond donors (Lipinski definition) is 1. The molecule has 1 aromatic rings. The average molecular weight is 362 g/mol. The molecular weight excluding hydrogens is 338 g/mol. The van der Waals surface area contributed by atoms with Gasteiger partial charge in [0.15, 0.2) is 0 Å². The summed E-state index contributed by atoms with van der Waals surface area (Å²) < 4.78 is 24.8. The van der Waals surface area contributed by atoms with E-state index in [4.69, 9.17) is 0 Å². The quantitative estimate of drug-likeness (QED) is 0.733. The standard InChI is InChI=1S/C15H24BrNO2S/c1-3-10-20(18,19)11-9-13(12-17-4-2)14-7-5-6-8-15(14)16/h5-8,13,17H,3-4,9-12H2,1-2H3. The van der Waals surface area contributed by atoms with Crippen molar-refractivity contribution >= 4 is 25.8 Å². The second kappa shape index (κ2) is 8.80. The zero-order valence-corrected chi connectivity index (χ0v) is 14.6. The van der Waals surface area contributed by atoms with Crippen LogP contribution in [0.25, 0.3) is 0 Å². The fourth-order valence-corrected chi connectivity index (χ4v) is 4.31. The molecule has 114 valence electrons. The molecule has 0 amide bonds. The molecule has 0 saturated heterocycles. The van der Waals surface area contributed by atoms with Gasteiger partial charge in [-0.2, -0.15) is 0 Å². The number of likely N-dealkylation sites (N-methyl/N-ethyl adjacent to an activating group) is 1. The highest BCUT2D eigenvalue weighted by atomic mass is 79.9. The van der Waals surface area contributed by atoms with Crippen molar-refractivity contribution in [3.05, 3.63) is 34.3 Å². The summed E-state index contributed by atoms with van der Waals surface area (Å²) in [5.74, 6) is 0.770. The maximum Gasteiger partial charge on any atom is 0.150 e. The number of hydrogen-bond acceptors (Lipinski definition) is 3. The van der Waals surface area contributed by atoms with Crippen molar-refractivity contribution < 1.29 is 8.42 Å². The minimum absolute atomic E-state index is 0.220. The second-order valence-corrected chi connectivity index (χ2v) is 8.12. The molecule has 5 heteroatoms. The van der Waals surface area contributed by atoms with Crippen molar-refractivity contribution in [2.75, 3.05) is 24.6 Å². The molecule has 0 aromatic heterocycles. The maximum absolute atomic E-state index is 11.9. The van der Waals surface area contributed by atoms with E-state index in [0.717, 1.165) is 17.6 Å². The van der Waals surface area contributed by atoms with Gasteiger partial charge in [0.05, 0.1) is 5.75 Å². The number of halogens is 1. The molecule has 20 heavy (non-hydrogen) atoms. The summed E-state index contributed by atoms with van der Waals surface area (Å²) in [5.41, 5.74) is 1.18. The molecule has 1 N–H and O–H groups in total. The Balaban J connectivity index is 2.78. The van der Waals surface area contributed by atoms with Gasteiger partial charge in [-0.1, -0.05) is 48.0 Å². The van der Waals surface area contributed by atoms with E-state index in [-0.39, 0.29) is 17.4 Å². The van der Waals surface area contributed by atoms with Gasteiger partial charge in [0, 0.05) is 16.8 Å². The Morgan fingerprint density at radius 2 is 1.90 bits per heavy atom. The summed E-state index contributed by atoms with van der Waals surface area (Å²) >= 11 is 3.56. The topological polar surface area (TPSA) is 46.2 Å². The van der Waals surface area contributed by atoms with Crippen molar-refractivity contribution in [1.29, 1.82) is 0 Å². The molecule has 0 aliphatic heterocycles. The van der Waals surface area contributed by atoms with Crippen molar-refractivity contribution in [2.24, 2.45) is 0 Å². The Morgan fingerprint density at radius 3 is 2.50 bits per heavy atom. The van der Waals surface area contributed by atoms with Crippen LogP contribution in [0.3, 0.4) is 0 Å². The Bertz CT molecular complexity index is 502. The Morgan fingerprint density at radius 1 is 1.20 bits per heavy atom. The van der Waals surface area contributed by atoms with Crippen LogP contribution in [0.4, 0.5) is 0 Å². The highest BCUT2D eigenvalue weighted by molar-refractivity contribution is 9.10. The SMILES string of the molecule is CCCS(=O)(=O)CCC(CNCC)c1ccccc1Br. The Hall–Kier alpha value is -0.390. The lowest BCUT2D eigenvalue weighted by atomic mass is 9.96. The van der Waals surface area contributed by atoms with Gasteiger partial charge < -0.3 is 5.32 Å². The fourth-order valence-electron chi connectivity index (χ4n) is 2.23. The van der Waals surface area contributed by atoms with Gasteiger partial charge in [-0.15, -0.1) is 0 Å². The molecule has 0 saturated carbocycles. The van der Waals surface area contributed by atoms with Gasteiger partial charge in [-0.05, 0) is 36.9 Å². The molecule has 0 radical (unpaired) electrons. The lowest BCUT2D eigenvalue weighted by Crippen LogP contribution is -2.24. The van der Waals surface area contributed by atoms with Crippen LogP contribution in [0.1, 0.15) is 38.2 Å². The third-order valence-electron chi connectivity index (χ3n) is 3.28. The molecule has 0 bridgehead atoms. The predicted octanol–water partition coefficient (Wildman–Crippen LogP) is 3.36. The monoisotopic (exact) mass is 361 g/mol. The number of sulfone groups is 1. The minimum Gasteiger partial charge on any atom is -0.316 e. The second-order valence-electron chi connectivity index (χ2n) is 4.97. The third-order valence-corrected chi connectivity index (χ3v) is 5.89. The van der Waals surface area contributed by atoms with Crippen LogP contribution in [-0.2, 0) is 9.84 Å². The molecular formula is C15H24BrNO2S. The first-order valence-electron chi connectivity index (χ1n) is 7.15. The first-order valence-corrected chi connectivity index (χ1v) is 9.77. The summed E-state index contributed by atoms with van der Waals surface area (Å²) in [6, 6.07) is 8.05. The Kier molecular flexibility index (Phi) is 7.77. The maximum atomic E-state index is 11.9. The van der Waals surface area contributed by atoms with E-state index in [1.54, 1.807) is 0 Å². The number of nitrogens with one attached hydrogen (secondary N) is 1. The smallest absolute Gasteiger partial charge is 0.150 e. The van der Waals surface area contributed by atoms with Gasteiger partial charge >= 0.3 is 0 Å². The molecule has 0 heterocycles. The molecule has 0 aliphatic carbocycles. The molecule has 1 rings (SSSR count). The van der Waals surface area contributed by atoms with Crippen molar-refractivity contribution in [3.8, 4) is 0 Å². The van der Waals surface area contributed by atoms with Crippen LogP contribution in [-0.4, -0.2) is 33.0 Å². The van der Waals surface area contributed by atoms with Crippen LogP contribution in [0.2, 0.25) is 0 Å². The average Bonchev–Trinajstić information content (AvgIpc) is 2.40. The van der Waals surface area contributed by atoms with Gasteiger partial charge in [0.25, 0.3) is 0 Å².